The molecule has 1 aliphatic rings. The predicted octanol–water partition coefficient (Wildman–Crippen LogP) is 2.18. The Kier molecular flexibility index (Phi) is 3.91. The van der Waals surface area contributed by atoms with Crippen molar-refractivity contribution in [2.45, 2.75) is 13.0 Å². The van der Waals surface area contributed by atoms with Crippen LogP contribution in [0.3, 0.4) is 0 Å². The maximum Gasteiger partial charge on any atom is 0.248 e. The molecule has 0 fully saturated rings. The van der Waals surface area contributed by atoms with Gasteiger partial charge in [-0.2, -0.15) is 5.10 Å². The molecule has 0 atom stereocenters. The molecular weight excluding hydrogens is 284 g/mol. The molecule has 0 N–H and O–H groups in total. The SMILES string of the molecule is COCC1=NN(Cc2cccc(Br)c2)C(=O)C1. The molecule has 1 aromatic carbocycles. The molecule has 1 aromatic rings. The average Bonchev–Trinajstić information content (AvgIpc) is 2.60. The van der Waals surface area contributed by atoms with Crippen LogP contribution in [0, 0.1) is 0 Å². The Morgan fingerprint density at radius 3 is 3.06 bits per heavy atom. The lowest BCUT2D eigenvalue weighted by Gasteiger charge is -2.11. The summed E-state index contributed by atoms with van der Waals surface area (Å²) in [5, 5.41) is 5.74. The lowest BCUT2D eigenvalue weighted by Crippen LogP contribution is -2.20. The molecule has 4 nitrogen and oxygen atoms in total. The van der Waals surface area contributed by atoms with Gasteiger partial charge in [0.25, 0.3) is 0 Å². The molecule has 0 unspecified atom stereocenters. The summed E-state index contributed by atoms with van der Waals surface area (Å²) in [5.41, 5.74) is 1.84. The lowest BCUT2D eigenvalue weighted by molar-refractivity contribution is -0.129. The van der Waals surface area contributed by atoms with E-state index in [4.69, 9.17) is 4.74 Å². The van der Waals surface area contributed by atoms with E-state index >= 15 is 0 Å². The van der Waals surface area contributed by atoms with Crippen LogP contribution in [0.2, 0.25) is 0 Å². The average molecular weight is 297 g/mol. The first kappa shape index (κ1) is 12.3. The molecule has 1 amide bonds. The Morgan fingerprint density at radius 2 is 2.35 bits per heavy atom. The summed E-state index contributed by atoms with van der Waals surface area (Å²) in [6.07, 6.45) is 0.363. The van der Waals surface area contributed by atoms with Crippen LogP contribution in [0.4, 0.5) is 0 Å². The fourth-order valence-corrected chi connectivity index (χ4v) is 2.15. The largest absolute Gasteiger partial charge is 0.379 e. The Bertz CT molecular complexity index is 460. The molecule has 0 aromatic heterocycles. The Labute approximate surface area is 108 Å². The molecule has 90 valence electrons. The molecule has 0 aliphatic carbocycles. The van der Waals surface area contributed by atoms with Crippen molar-refractivity contribution in [3.8, 4) is 0 Å². The molecule has 1 heterocycles. The van der Waals surface area contributed by atoms with Crippen molar-refractivity contribution in [3.63, 3.8) is 0 Å². The summed E-state index contributed by atoms with van der Waals surface area (Å²) < 4.78 is 5.98. The van der Waals surface area contributed by atoms with Gasteiger partial charge in [-0.1, -0.05) is 28.1 Å². The van der Waals surface area contributed by atoms with Crippen LogP contribution in [-0.2, 0) is 16.1 Å². The highest BCUT2D eigenvalue weighted by Crippen LogP contribution is 2.16. The zero-order valence-electron chi connectivity index (χ0n) is 9.52. The fourth-order valence-electron chi connectivity index (χ4n) is 1.71. The number of hydrazone groups is 1. The molecule has 2 rings (SSSR count). The first-order valence-corrected chi connectivity index (χ1v) is 6.08. The van der Waals surface area contributed by atoms with E-state index in [1.54, 1.807) is 7.11 Å². The zero-order chi connectivity index (χ0) is 12.3. The van der Waals surface area contributed by atoms with Gasteiger partial charge in [-0.05, 0) is 17.7 Å². The minimum atomic E-state index is 0.0250. The number of halogens is 1. The normalized spacial score (nSPS) is 15.3. The highest BCUT2D eigenvalue weighted by atomic mass is 79.9. The Hall–Kier alpha value is -1.20. The minimum Gasteiger partial charge on any atom is -0.379 e. The van der Waals surface area contributed by atoms with Crippen molar-refractivity contribution < 1.29 is 9.53 Å². The van der Waals surface area contributed by atoms with Crippen LogP contribution in [-0.4, -0.2) is 30.3 Å². The Morgan fingerprint density at radius 1 is 1.53 bits per heavy atom. The van der Waals surface area contributed by atoms with Crippen molar-refractivity contribution >= 4 is 27.5 Å². The van der Waals surface area contributed by atoms with Crippen molar-refractivity contribution in [1.82, 2.24) is 5.01 Å². The smallest absolute Gasteiger partial charge is 0.248 e. The van der Waals surface area contributed by atoms with Gasteiger partial charge >= 0.3 is 0 Å². The third-order valence-electron chi connectivity index (χ3n) is 2.44. The number of ether oxygens (including phenoxy) is 1. The van der Waals surface area contributed by atoms with E-state index in [-0.39, 0.29) is 5.91 Å². The molecule has 0 saturated carbocycles. The van der Waals surface area contributed by atoms with Gasteiger partial charge in [-0.15, -0.1) is 0 Å². The fraction of sp³-hybridized carbons (Fsp3) is 0.333. The number of carbonyl (C=O) groups is 1. The van der Waals surface area contributed by atoms with E-state index in [2.05, 4.69) is 21.0 Å². The molecule has 1 aliphatic heterocycles. The lowest BCUT2D eigenvalue weighted by atomic mass is 10.2. The first-order chi connectivity index (χ1) is 8.19. The highest BCUT2D eigenvalue weighted by molar-refractivity contribution is 9.10. The molecule has 0 bridgehead atoms. The number of hydrogen-bond donors (Lipinski definition) is 0. The monoisotopic (exact) mass is 296 g/mol. The second-order valence-electron chi connectivity index (χ2n) is 3.86. The summed E-state index contributed by atoms with van der Waals surface area (Å²) in [6, 6.07) is 7.85. The molecule has 0 spiro atoms. The van der Waals surface area contributed by atoms with Crippen LogP contribution in [0.1, 0.15) is 12.0 Å². The topological polar surface area (TPSA) is 41.9 Å². The van der Waals surface area contributed by atoms with Crippen molar-refractivity contribution in [2.75, 3.05) is 13.7 Å². The van der Waals surface area contributed by atoms with E-state index in [0.717, 1.165) is 15.7 Å². The predicted molar refractivity (Wildman–Crippen MR) is 68.6 cm³/mol. The van der Waals surface area contributed by atoms with Crippen molar-refractivity contribution in [1.29, 1.82) is 0 Å². The van der Waals surface area contributed by atoms with Gasteiger partial charge in [0.1, 0.15) is 0 Å². The zero-order valence-corrected chi connectivity index (χ0v) is 11.1. The van der Waals surface area contributed by atoms with E-state index in [1.807, 2.05) is 24.3 Å². The summed E-state index contributed by atoms with van der Waals surface area (Å²) in [7, 11) is 1.60. The first-order valence-electron chi connectivity index (χ1n) is 5.29. The Balaban J connectivity index is 2.06. The van der Waals surface area contributed by atoms with E-state index in [0.29, 0.717) is 19.6 Å². The highest BCUT2D eigenvalue weighted by Gasteiger charge is 2.23. The molecule has 0 radical (unpaired) electrons. The number of hydrogen-bond acceptors (Lipinski definition) is 3. The van der Waals surface area contributed by atoms with Crippen LogP contribution < -0.4 is 0 Å². The van der Waals surface area contributed by atoms with Crippen LogP contribution >= 0.6 is 15.9 Å². The standard InChI is InChI=1S/C12H13BrN2O2/c1-17-8-11-6-12(16)15(14-11)7-9-3-2-4-10(13)5-9/h2-5H,6-8H2,1H3. The van der Waals surface area contributed by atoms with E-state index < -0.39 is 0 Å². The van der Waals surface area contributed by atoms with Gasteiger partial charge in [0.2, 0.25) is 5.91 Å². The van der Waals surface area contributed by atoms with Gasteiger partial charge in [-0.25, -0.2) is 5.01 Å². The number of methoxy groups -OCH3 is 1. The van der Waals surface area contributed by atoms with Crippen LogP contribution in [0.5, 0.6) is 0 Å². The summed E-state index contributed by atoms with van der Waals surface area (Å²) in [4.78, 5) is 11.7. The molecule has 0 saturated heterocycles. The maximum atomic E-state index is 11.7. The number of carbonyl (C=O) groups excluding carboxylic acids is 1. The van der Waals surface area contributed by atoms with Crippen molar-refractivity contribution in [3.05, 3.63) is 34.3 Å². The quantitative estimate of drug-likeness (QED) is 0.855. The number of amides is 1. The minimum absolute atomic E-state index is 0.0250. The van der Waals surface area contributed by atoms with Crippen molar-refractivity contribution in [2.24, 2.45) is 5.10 Å². The molecular formula is C12H13BrN2O2. The maximum absolute atomic E-state index is 11.7. The van der Waals surface area contributed by atoms with Gasteiger partial charge in [0.15, 0.2) is 0 Å². The van der Waals surface area contributed by atoms with Gasteiger partial charge in [-0.3, -0.25) is 4.79 Å². The summed E-state index contributed by atoms with van der Waals surface area (Å²) in [5.74, 6) is 0.0250. The molecule has 17 heavy (non-hydrogen) atoms. The van der Waals surface area contributed by atoms with E-state index in [9.17, 15) is 4.79 Å². The third kappa shape index (κ3) is 3.14. The number of benzene rings is 1. The van der Waals surface area contributed by atoms with Gasteiger partial charge in [0, 0.05) is 11.6 Å². The number of rotatable bonds is 4. The van der Waals surface area contributed by atoms with Gasteiger partial charge in [0.05, 0.1) is 25.3 Å². The summed E-state index contributed by atoms with van der Waals surface area (Å²) in [6.45, 7) is 0.923. The second-order valence-corrected chi connectivity index (χ2v) is 4.77. The van der Waals surface area contributed by atoms with Gasteiger partial charge < -0.3 is 4.74 Å². The second kappa shape index (κ2) is 5.42. The molecule has 5 heteroatoms. The van der Waals surface area contributed by atoms with Crippen LogP contribution in [0.15, 0.2) is 33.8 Å². The van der Waals surface area contributed by atoms with E-state index in [1.165, 1.54) is 5.01 Å². The van der Waals surface area contributed by atoms with Crippen LogP contribution in [0.25, 0.3) is 0 Å². The number of nitrogens with zero attached hydrogens (tertiary/aromatic N) is 2. The summed E-state index contributed by atoms with van der Waals surface area (Å²) >= 11 is 3.40. The third-order valence-corrected chi connectivity index (χ3v) is 2.93.